The number of hydrogen-bond donors (Lipinski definition) is 2. The average molecular weight is 393 g/mol. The van der Waals surface area contributed by atoms with Gasteiger partial charge in [-0.3, -0.25) is 0 Å². The van der Waals surface area contributed by atoms with Crippen LogP contribution in [0.3, 0.4) is 0 Å². The fraction of sp³-hybridized carbons (Fsp3) is 0.0909. The number of anilines is 4. The number of hydrogen-bond acceptors (Lipinski definition) is 4. The van der Waals surface area contributed by atoms with E-state index in [-0.39, 0.29) is 5.82 Å². The molecule has 1 heterocycles. The molecule has 3 rings (SSSR count). The minimum Gasteiger partial charge on any atom is -0.340 e. The molecular weight excluding hydrogens is 375 g/mol. The lowest BCUT2D eigenvalue weighted by molar-refractivity contribution is 0.627. The lowest BCUT2D eigenvalue weighted by Gasteiger charge is -2.15. The van der Waals surface area contributed by atoms with Crippen molar-refractivity contribution in [1.82, 2.24) is 4.98 Å². The van der Waals surface area contributed by atoms with Gasteiger partial charge in [-0.2, -0.15) is 5.26 Å². The average Bonchev–Trinajstić information content (AvgIpc) is 2.67. The lowest BCUT2D eigenvalue weighted by Crippen LogP contribution is -2.03. The summed E-state index contributed by atoms with van der Waals surface area (Å²) in [5.74, 6) is 0.187. The lowest BCUT2D eigenvalue weighted by atomic mass is 10.0. The number of nitriles is 1. The summed E-state index contributed by atoms with van der Waals surface area (Å²) in [6.45, 7) is 3.94. The molecule has 0 bridgehead atoms. The maximum absolute atomic E-state index is 14.2. The molecule has 3 aromatic rings. The van der Waals surface area contributed by atoms with Gasteiger partial charge in [-0.15, -0.1) is 0 Å². The monoisotopic (exact) mass is 392 g/mol. The van der Waals surface area contributed by atoms with Crippen molar-refractivity contribution >= 4 is 40.7 Å². The Kier molecular flexibility index (Phi) is 5.93. The third-order valence-corrected chi connectivity index (χ3v) is 4.36. The Hall–Kier alpha value is -3.36. The van der Waals surface area contributed by atoms with E-state index in [9.17, 15) is 4.39 Å². The van der Waals surface area contributed by atoms with Crippen molar-refractivity contribution in [1.29, 1.82) is 5.26 Å². The molecule has 2 aromatic carbocycles. The molecule has 0 radical (unpaired) electrons. The summed E-state index contributed by atoms with van der Waals surface area (Å²) in [5.41, 5.74) is 4.52. The summed E-state index contributed by atoms with van der Waals surface area (Å²) in [6, 6.07) is 15.8. The second-order valence-corrected chi connectivity index (χ2v) is 6.71. The van der Waals surface area contributed by atoms with Crippen molar-refractivity contribution < 1.29 is 4.39 Å². The van der Waals surface area contributed by atoms with Gasteiger partial charge in [0.1, 0.15) is 5.82 Å². The van der Waals surface area contributed by atoms with Crippen LogP contribution >= 0.6 is 11.6 Å². The van der Waals surface area contributed by atoms with Crippen molar-refractivity contribution in [2.75, 3.05) is 10.6 Å². The fourth-order valence-electron chi connectivity index (χ4n) is 2.82. The van der Waals surface area contributed by atoms with Gasteiger partial charge >= 0.3 is 0 Å². The number of halogens is 2. The highest BCUT2D eigenvalue weighted by molar-refractivity contribution is 6.30. The molecule has 28 heavy (non-hydrogen) atoms. The predicted octanol–water partition coefficient (Wildman–Crippen LogP) is 6.51. The van der Waals surface area contributed by atoms with Gasteiger partial charge in [0.15, 0.2) is 11.6 Å². The summed E-state index contributed by atoms with van der Waals surface area (Å²) in [6.07, 6.45) is 3.20. The van der Waals surface area contributed by atoms with E-state index in [1.807, 2.05) is 32.0 Å². The highest BCUT2D eigenvalue weighted by atomic mass is 35.5. The Labute approximate surface area is 168 Å². The third-order valence-electron chi connectivity index (χ3n) is 4.11. The van der Waals surface area contributed by atoms with Gasteiger partial charge in [0.25, 0.3) is 0 Å². The Morgan fingerprint density at radius 2 is 1.71 bits per heavy atom. The van der Waals surface area contributed by atoms with Crippen LogP contribution in [0.15, 0.2) is 54.6 Å². The quantitative estimate of drug-likeness (QED) is 0.485. The first-order valence-corrected chi connectivity index (χ1v) is 8.97. The molecule has 0 saturated heterocycles. The van der Waals surface area contributed by atoms with E-state index < -0.39 is 5.82 Å². The summed E-state index contributed by atoms with van der Waals surface area (Å²) in [4.78, 5) is 4.35. The van der Waals surface area contributed by atoms with Crippen LogP contribution in [-0.4, -0.2) is 4.98 Å². The van der Waals surface area contributed by atoms with Crippen molar-refractivity contribution in [3.63, 3.8) is 0 Å². The predicted molar refractivity (Wildman–Crippen MR) is 113 cm³/mol. The molecule has 0 saturated carbocycles. The molecule has 0 spiro atoms. The van der Waals surface area contributed by atoms with Gasteiger partial charge in [-0.25, -0.2) is 9.37 Å². The Morgan fingerprint density at radius 1 is 1.04 bits per heavy atom. The molecule has 1 aromatic heterocycles. The normalized spacial score (nSPS) is 10.7. The van der Waals surface area contributed by atoms with Crippen LogP contribution in [-0.2, 0) is 0 Å². The number of nitrogens with one attached hydrogen (secondary N) is 2. The summed E-state index contributed by atoms with van der Waals surface area (Å²) in [5, 5.41) is 15.5. The molecule has 0 fully saturated rings. The topological polar surface area (TPSA) is 60.7 Å². The van der Waals surface area contributed by atoms with Gasteiger partial charge in [0.2, 0.25) is 0 Å². The van der Waals surface area contributed by atoms with E-state index >= 15 is 0 Å². The van der Waals surface area contributed by atoms with Crippen LogP contribution in [0.5, 0.6) is 0 Å². The first-order chi connectivity index (χ1) is 13.5. The molecule has 0 amide bonds. The molecule has 0 atom stereocenters. The molecule has 0 aliphatic rings. The van der Waals surface area contributed by atoms with E-state index in [4.69, 9.17) is 16.9 Å². The first-order valence-electron chi connectivity index (χ1n) is 8.60. The van der Waals surface area contributed by atoms with Crippen molar-refractivity contribution in [2.24, 2.45) is 0 Å². The minimum absolute atomic E-state index is 0.121. The molecule has 6 heteroatoms. The van der Waals surface area contributed by atoms with Crippen LogP contribution in [0.4, 0.5) is 27.4 Å². The van der Waals surface area contributed by atoms with Crippen molar-refractivity contribution in [2.45, 2.75) is 13.8 Å². The number of aryl methyl sites for hydroxylation is 2. The smallest absolute Gasteiger partial charge is 0.168 e. The van der Waals surface area contributed by atoms with Gasteiger partial charge in [-0.1, -0.05) is 11.6 Å². The summed E-state index contributed by atoms with van der Waals surface area (Å²) in [7, 11) is 0. The standard InChI is InChI=1S/C22H18ClFN4/c1-14-12-16(4-3-11-25)13-15(2)21(14)27-20-10-9-19(24)22(28-20)26-18-7-5-17(23)6-8-18/h3-10,12-13H,1-2H3,(H2,26,27,28). The van der Waals surface area contributed by atoms with E-state index in [0.717, 1.165) is 22.4 Å². The first kappa shape index (κ1) is 19.4. The van der Waals surface area contributed by atoms with E-state index in [1.54, 1.807) is 36.4 Å². The molecule has 4 nitrogen and oxygen atoms in total. The maximum atomic E-state index is 14.2. The molecular formula is C22H18ClFN4. The van der Waals surface area contributed by atoms with Gasteiger partial charge in [0, 0.05) is 22.5 Å². The zero-order chi connectivity index (χ0) is 20.1. The zero-order valence-corrected chi connectivity index (χ0v) is 16.2. The van der Waals surface area contributed by atoms with E-state index in [2.05, 4.69) is 15.6 Å². The largest absolute Gasteiger partial charge is 0.340 e. The van der Waals surface area contributed by atoms with Gasteiger partial charge in [0.05, 0.1) is 6.07 Å². The highest BCUT2D eigenvalue weighted by Gasteiger charge is 2.09. The van der Waals surface area contributed by atoms with Crippen LogP contribution < -0.4 is 10.6 Å². The van der Waals surface area contributed by atoms with Crippen molar-refractivity contribution in [3.05, 3.63) is 82.1 Å². The third kappa shape index (κ3) is 4.67. The van der Waals surface area contributed by atoms with Crippen LogP contribution in [0.1, 0.15) is 16.7 Å². The number of pyridine rings is 1. The second-order valence-electron chi connectivity index (χ2n) is 6.28. The van der Waals surface area contributed by atoms with Crippen LogP contribution in [0.2, 0.25) is 5.02 Å². The minimum atomic E-state index is -0.453. The molecule has 0 unspecified atom stereocenters. The molecule has 0 aliphatic heterocycles. The number of allylic oxidation sites excluding steroid dienone is 1. The molecule has 140 valence electrons. The van der Waals surface area contributed by atoms with E-state index in [1.165, 1.54) is 12.1 Å². The highest BCUT2D eigenvalue weighted by Crippen LogP contribution is 2.28. The van der Waals surface area contributed by atoms with Gasteiger partial charge < -0.3 is 10.6 Å². The number of benzene rings is 2. The Balaban J connectivity index is 1.86. The van der Waals surface area contributed by atoms with Crippen molar-refractivity contribution in [3.8, 4) is 6.07 Å². The maximum Gasteiger partial charge on any atom is 0.168 e. The van der Waals surface area contributed by atoms with E-state index in [0.29, 0.717) is 16.5 Å². The zero-order valence-electron chi connectivity index (χ0n) is 15.4. The number of aromatic nitrogens is 1. The SMILES string of the molecule is Cc1cc(C=CC#N)cc(C)c1Nc1ccc(F)c(Nc2ccc(Cl)cc2)n1. The Bertz CT molecular complexity index is 1050. The van der Waals surface area contributed by atoms with Crippen LogP contribution in [0.25, 0.3) is 6.08 Å². The molecule has 0 aliphatic carbocycles. The molecule has 2 N–H and O–H groups in total. The fourth-order valence-corrected chi connectivity index (χ4v) is 2.95. The number of rotatable bonds is 5. The Morgan fingerprint density at radius 3 is 2.36 bits per heavy atom. The van der Waals surface area contributed by atoms with Crippen LogP contribution in [0, 0.1) is 31.0 Å². The summed E-state index contributed by atoms with van der Waals surface area (Å²) >= 11 is 5.88. The summed E-state index contributed by atoms with van der Waals surface area (Å²) < 4.78 is 14.2. The second kappa shape index (κ2) is 8.55. The van der Waals surface area contributed by atoms with Gasteiger partial charge in [-0.05, 0) is 85.1 Å². The number of nitrogens with zero attached hydrogens (tertiary/aromatic N) is 2.